The molecule has 0 saturated heterocycles. The number of hydrogen-bond acceptors (Lipinski definition) is 3. The number of methoxy groups -OCH3 is 1. The highest BCUT2D eigenvalue weighted by molar-refractivity contribution is 5.26. The number of nitrogens with zero attached hydrogens (tertiary/aromatic N) is 1. The molecule has 1 heterocycles. The van der Waals surface area contributed by atoms with Gasteiger partial charge in [0.15, 0.2) is 0 Å². The Hall–Kier alpha value is -1.09. The molecule has 0 unspecified atom stereocenters. The van der Waals surface area contributed by atoms with Crippen molar-refractivity contribution in [2.45, 2.75) is 19.9 Å². The Balaban J connectivity index is 3.06. The van der Waals surface area contributed by atoms with Crippen LogP contribution >= 0.6 is 0 Å². The molecule has 3 nitrogen and oxygen atoms in total. The number of hydrogen-bond donors (Lipinski definition) is 1. The molecule has 0 radical (unpaired) electrons. The summed E-state index contributed by atoms with van der Waals surface area (Å²) >= 11 is 0. The van der Waals surface area contributed by atoms with Gasteiger partial charge in [-0.2, -0.15) is 0 Å². The van der Waals surface area contributed by atoms with Gasteiger partial charge in [-0.05, 0) is 25.5 Å². The molecule has 1 aromatic rings. The second kappa shape index (κ2) is 3.54. The standard InChI is InChI=1S/C9H14N2O/c1-6-4-8(7(2)10)5-9(11-6)12-3/h4-5,7H,10H2,1-3H3/t7-/m1/s1. The van der Waals surface area contributed by atoms with Crippen LogP contribution in [0.2, 0.25) is 0 Å². The zero-order valence-corrected chi connectivity index (χ0v) is 7.66. The second-order valence-corrected chi connectivity index (χ2v) is 2.87. The van der Waals surface area contributed by atoms with Gasteiger partial charge in [-0.25, -0.2) is 4.98 Å². The number of aromatic nitrogens is 1. The largest absolute Gasteiger partial charge is 0.481 e. The Labute approximate surface area is 72.6 Å². The number of ether oxygens (including phenoxy) is 1. The van der Waals surface area contributed by atoms with E-state index in [1.165, 1.54) is 0 Å². The Morgan fingerprint density at radius 1 is 1.50 bits per heavy atom. The van der Waals surface area contributed by atoms with Crippen molar-refractivity contribution in [3.8, 4) is 5.88 Å². The quantitative estimate of drug-likeness (QED) is 0.722. The van der Waals surface area contributed by atoms with Crippen molar-refractivity contribution in [2.24, 2.45) is 5.73 Å². The molecule has 0 fully saturated rings. The molecule has 66 valence electrons. The lowest BCUT2D eigenvalue weighted by Crippen LogP contribution is -2.06. The molecule has 0 spiro atoms. The monoisotopic (exact) mass is 166 g/mol. The molecule has 1 aromatic heterocycles. The lowest BCUT2D eigenvalue weighted by Gasteiger charge is -2.08. The maximum Gasteiger partial charge on any atom is 0.213 e. The predicted molar refractivity (Wildman–Crippen MR) is 48.1 cm³/mol. The average molecular weight is 166 g/mol. The van der Waals surface area contributed by atoms with Crippen LogP contribution in [0.3, 0.4) is 0 Å². The van der Waals surface area contributed by atoms with Gasteiger partial charge in [0.2, 0.25) is 5.88 Å². The van der Waals surface area contributed by atoms with Crippen molar-refractivity contribution in [1.82, 2.24) is 4.98 Å². The lowest BCUT2D eigenvalue weighted by atomic mass is 10.1. The van der Waals surface area contributed by atoms with Gasteiger partial charge < -0.3 is 10.5 Å². The molecule has 0 amide bonds. The SMILES string of the molecule is COc1cc([C@@H](C)N)cc(C)n1. The van der Waals surface area contributed by atoms with Crippen molar-refractivity contribution in [3.05, 3.63) is 23.4 Å². The van der Waals surface area contributed by atoms with Crippen LogP contribution in [0, 0.1) is 6.92 Å². The van der Waals surface area contributed by atoms with Crippen LogP contribution in [0.5, 0.6) is 5.88 Å². The summed E-state index contributed by atoms with van der Waals surface area (Å²) in [5.74, 6) is 0.627. The number of nitrogens with two attached hydrogens (primary N) is 1. The molecule has 0 aliphatic carbocycles. The van der Waals surface area contributed by atoms with Crippen molar-refractivity contribution < 1.29 is 4.74 Å². The third-order valence-corrected chi connectivity index (χ3v) is 1.69. The van der Waals surface area contributed by atoms with Gasteiger partial charge in [-0.1, -0.05) is 0 Å². The van der Waals surface area contributed by atoms with Crippen LogP contribution in [-0.4, -0.2) is 12.1 Å². The van der Waals surface area contributed by atoms with Crippen LogP contribution in [0.1, 0.15) is 24.2 Å². The minimum absolute atomic E-state index is 0.0283. The van der Waals surface area contributed by atoms with Crippen molar-refractivity contribution in [3.63, 3.8) is 0 Å². The van der Waals surface area contributed by atoms with Gasteiger partial charge in [0.1, 0.15) is 0 Å². The number of aryl methyl sites for hydroxylation is 1. The van der Waals surface area contributed by atoms with Gasteiger partial charge in [-0.15, -0.1) is 0 Å². The summed E-state index contributed by atoms with van der Waals surface area (Å²) in [6.07, 6.45) is 0. The summed E-state index contributed by atoms with van der Waals surface area (Å²) in [5.41, 5.74) is 7.71. The fourth-order valence-electron chi connectivity index (χ4n) is 1.03. The van der Waals surface area contributed by atoms with Crippen LogP contribution in [-0.2, 0) is 0 Å². The van der Waals surface area contributed by atoms with E-state index in [-0.39, 0.29) is 6.04 Å². The normalized spacial score (nSPS) is 12.7. The molecule has 0 bridgehead atoms. The molecule has 12 heavy (non-hydrogen) atoms. The van der Waals surface area contributed by atoms with E-state index in [9.17, 15) is 0 Å². The summed E-state index contributed by atoms with van der Waals surface area (Å²) in [4.78, 5) is 4.16. The topological polar surface area (TPSA) is 48.1 Å². The minimum Gasteiger partial charge on any atom is -0.481 e. The Bertz CT molecular complexity index is 271. The van der Waals surface area contributed by atoms with E-state index in [4.69, 9.17) is 10.5 Å². The summed E-state index contributed by atoms with van der Waals surface area (Å²) in [7, 11) is 1.60. The van der Waals surface area contributed by atoms with Crippen molar-refractivity contribution in [1.29, 1.82) is 0 Å². The van der Waals surface area contributed by atoms with Gasteiger partial charge in [-0.3, -0.25) is 0 Å². The molecule has 0 aromatic carbocycles. The van der Waals surface area contributed by atoms with Crippen LogP contribution < -0.4 is 10.5 Å². The fraction of sp³-hybridized carbons (Fsp3) is 0.444. The van der Waals surface area contributed by atoms with Crippen molar-refractivity contribution in [2.75, 3.05) is 7.11 Å². The third kappa shape index (κ3) is 1.95. The Kier molecular flexibility index (Phi) is 2.65. The predicted octanol–water partition coefficient (Wildman–Crippen LogP) is 1.42. The first kappa shape index (κ1) is 9.00. The summed E-state index contributed by atoms with van der Waals surface area (Å²) in [5, 5.41) is 0. The first-order valence-electron chi connectivity index (χ1n) is 3.91. The zero-order valence-electron chi connectivity index (χ0n) is 7.66. The van der Waals surface area contributed by atoms with E-state index < -0.39 is 0 Å². The minimum atomic E-state index is 0.0283. The fourth-order valence-corrected chi connectivity index (χ4v) is 1.03. The highest BCUT2D eigenvalue weighted by atomic mass is 16.5. The Morgan fingerprint density at radius 2 is 2.17 bits per heavy atom. The lowest BCUT2D eigenvalue weighted by molar-refractivity contribution is 0.396. The van der Waals surface area contributed by atoms with Crippen molar-refractivity contribution >= 4 is 0 Å². The molecule has 3 heteroatoms. The summed E-state index contributed by atoms with van der Waals surface area (Å²) in [6, 6.07) is 3.85. The maximum absolute atomic E-state index is 5.72. The molecule has 2 N–H and O–H groups in total. The van der Waals surface area contributed by atoms with Crippen LogP contribution in [0.25, 0.3) is 0 Å². The molecular formula is C9H14N2O. The molecule has 0 aliphatic rings. The van der Waals surface area contributed by atoms with Gasteiger partial charge in [0, 0.05) is 17.8 Å². The molecule has 1 rings (SSSR count). The average Bonchev–Trinajstić information content (AvgIpc) is 2.03. The van der Waals surface area contributed by atoms with Gasteiger partial charge in [0.05, 0.1) is 7.11 Å². The highest BCUT2D eigenvalue weighted by Crippen LogP contribution is 2.16. The van der Waals surface area contributed by atoms with Gasteiger partial charge in [0.25, 0.3) is 0 Å². The van der Waals surface area contributed by atoms with E-state index >= 15 is 0 Å². The first-order chi connectivity index (χ1) is 5.63. The van der Waals surface area contributed by atoms with E-state index in [0.717, 1.165) is 11.3 Å². The molecular weight excluding hydrogens is 152 g/mol. The van der Waals surface area contributed by atoms with Crippen LogP contribution in [0.15, 0.2) is 12.1 Å². The number of rotatable bonds is 2. The zero-order chi connectivity index (χ0) is 9.14. The first-order valence-corrected chi connectivity index (χ1v) is 3.91. The summed E-state index contributed by atoms with van der Waals surface area (Å²) < 4.78 is 5.02. The molecule has 0 aliphatic heterocycles. The van der Waals surface area contributed by atoms with E-state index in [1.54, 1.807) is 7.11 Å². The highest BCUT2D eigenvalue weighted by Gasteiger charge is 2.03. The maximum atomic E-state index is 5.72. The van der Waals surface area contributed by atoms with Crippen LogP contribution in [0.4, 0.5) is 0 Å². The molecule has 0 saturated carbocycles. The van der Waals surface area contributed by atoms with E-state index in [0.29, 0.717) is 5.88 Å². The smallest absolute Gasteiger partial charge is 0.213 e. The van der Waals surface area contributed by atoms with E-state index in [2.05, 4.69) is 4.98 Å². The summed E-state index contributed by atoms with van der Waals surface area (Å²) in [6.45, 7) is 3.86. The molecule has 1 atom stereocenters. The van der Waals surface area contributed by atoms with Gasteiger partial charge >= 0.3 is 0 Å². The Morgan fingerprint density at radius 3 is 2.67 bits per heavy atom. The number of pyridine rings is 1. The second-order valence-electron chi connectivity index (χ2n) is 2.87. The van der Waals surface area contributed by atoms with E-state index in [1.807, 2.05) is 26.0 Å². The third-order valence-electron chi connectivity index (χ3n) is 1.69.